The Labute approximate surface area is 116 Å². The van der Waals surface area contributed by atoms with Gasteiger partial charge in [-0.25, -0.2) is 4.68 Å². The largest absolute Gasteiger partial charge is 0.333 e. The fourth-order valence-electron chi connectivity index (χ4n) is 1.86. The number of nitrogens with one attached hydrogen (secondary N) is 1. The Morgan fingerprint density at radius 2 is 1.95 bits per heavy atom. The number of nitrogens with zero attached hydrogens (tertiary/aromatic N) is 4. The minimum Gasteiger partial charge on any atom is -0.307 e. The molecule has 0 spiro atoms. The van der Waals surface area contributed by atoms with E-state index in [4.69, 9.17) is 0 Å². The predicted molar refractivity (Wildman–Crippen MR) is 71.4 cm³/mol. The van der Waals surface area contributed by atoms with Crippen molar-refractivity contribution >= 4 is 0 Å². The lowest BCUT2D eigenvalue weighted by atomic mass is 10.2. The standard InChI is InChI=1S/C13H19F2N5/c1-9(2)20-8-11(10(3)17-20)6-16-7-12-4-5-19(18-12)13(14)15/h4-5,8-9,13,16H,6-7H2,1-3H3. The zero-order valence-electron chi connectivity index (χ0n) is 11.8. The molecule has 0 amide bonds. The predicted octanol–water partition coefficient (Wildman–Crippen LogP) is 2.65. The van der Waals surface area contributed by atoms with E-state index in [1.165, 1.54) is 6.20 Å². The quantitative estimate of drug-likeness (QED) is 0.886. The highest BCUT2D eigenvalue weighted by Gasteiger charge is 2.09. The van der Waals surface area contributed by atoms with E-state index in [2.05, 4.69) is 29.4 Å². The van der Waals surface area contributed by atoms with E-state index >= 15 is 0 Å². The van der Waals surface area contributed by atoms with E-state index in [0.717, 1.165) is 11.3 Å². The van der Waals surface area contributed by atoms with Crippen LogP contribution in [0, 0.1) is 6.92 Å². The van der Waals surface area contributed by atoms with Gasteiger partial charge < -0.3 is 5.32 Å². The monoisotopic (exact) mass is 283 g/mol. The van der Waals surface area contributed by atoms with Crippen LogP contribution in [-0.4, -0.2) is 19.6 Å². The molecule has 0 bridgehead atoms. The molecule has 20 heavy (non-hydrogen) atoms. The molecule has 7 heteroatoms. The summed E-state index contributed by atoms with van der Waals surface area (Å²) in [5, 5.41) is 11.4. The second-order valence-corrected chi connectivity index (χ2v) is 4.98. The van der Waals surface area contributed by atoms with Gasteiger partial charge in [-0.3, -0.25) is 4.68 Å². The summed E-state index contributed by atoms with van der Waals surface area (Å²) in [4.78, 5) is 0. The Balaban J connectivity index is 1.89. The molecule has 0 fully saturated rings. The number of rotatable bonds is 6. The van der Waals surface area contributed by atoms with Gasteiger partial charge in [0.1, 0.15) is 0 Å². The van der Waals surface area contributed by atoms with Crippen LogP contribution in [0.2, 0.25) is 0 Å². The lowest BCUT2D eigenvalue weighted by molar-refractivity contribution is 0.0561. The SMILES string of the molecule is Cc1nn(C(C)C)cc1CNCc1ccn(C(F)F)n1. The zero-order valence-corrected chi connectivity index (χ0v) is 11.8. The molecule has 0 atom stereocenters. The summed E-state index contributed by atoms with van der Waals surface area (Å²) in [6.45, 7) is 4.60. The second-order valence-electron chi connectivity index (χ2n) is 4.98. The average molecular weight is 283 g/mol. The Morgan fingerprint density at radius 3 is 2.50 bits per heavy atom. The first-order valence-electron chi connectivity index (χ1n) is 6.55. The molecule has 110 valence electrons. The molecule has 0 unspecified atom stereocenters. The first kappa shape index (κ1) is 14.6. The van der Waals surface area contributed by atoms with Crippen LogP contribution in [0.5, 0.6) is 0 Å². The normalized spacial score (nSPS) is 11.8. The average Bonchev–Trinajstić information content (AvgIpc) is 2.97. The van der Waals surface area contributed by atoms with E-state index in [1.54, 1.807) is 6.07 Å². The fourth-order valence-corrected chi connectivity index (χ4v) is 1.86. The highest BCUT2D eigenvalue weighted by molar-refractivity contribution is 5.15. The van der Waals surface area contributed by atoms with Gasteiger partial charge in [-0.15, -0.1) is 0 Å². The third-order valence-corrected chi connectivity index (χ3v) is 3.03. The van der Waals surface area contributed by atoms with Crippen molar-refractivity contribution in [2.24, 2.45) is 0 Å². The molecule has 0 aliphatic heterocycles. The molecule has 2 aromatic heterocycles. The summed E-state index contributed by atoms with van der Waals surface area (Å²) in [6.07, 6.45) is 3.29. The molecular formula is C13H19F2N5. The number of aryl methyl sites for hydroxylation is 1. The number of hydrogen-bond acceptors (Lipinski definition) is 3. The van der Waals surface area contributed by atoms with Crippen LogP contribution in [0.25, 0.3) is 0 Å². The Morgan fingerprint density at radius 1 is 1.20 bits per heavy atom. The molecule has 0 saturated carbocycles. The van der Waals surface area contributed by atoms with Crippen molar-refractivity contribution in [1.82, 2.24) is 24.9 Å². The van der Waals surface area contributed by atoms with Crippen molar-refractivity contribution in [3.63, 3.8) is 0 Å². The highest BCUT2D eigenvalue weighted by atomic mass is 19.3. The van der Waals surface area contributed by atoms with Crippen molar-refractivity contribution < 1.29 is 8.78 Å². The third kappa shape index (κ3) is 3.41. The van der Waals surface area contributed by atoms with Gasteiger partial charge in [0.25, 0.3) is 0 Å². The van der Waals surface area contributed by atoms with Crippen LogP contribution in [0.4, 0.5) is 8.78 Å². The number of alkyl halides is 2. The lowest BCUT2D eigenvalue weighted by Crippen LogP contribution is -2.14. The van der Waals surface area contributed by atoms with Gasteiger partial charge in [-0.1, -0.05) is 0 Å². The van der Waals surface area contributed by atoms with Crippen molar-refractivity contribution in [3.8, 4) is 0 Å². The number of hydrogen-bond donors (Lipinski definition) is 1. The minimum absolute atomic E-state index is 0.323. The van der Waals surface area contributed by atoms with Crippen molar-refractivity contribution in [2.45, 2.75) is 46.5 Å². The van der Waals surface area contributed by atoms with Crippen LogP contribution < -0.4 is 5.32 Å². The first-order chi connectivity index (χ1) is 9.47. The highest BCUT2D eigenvalue weighted by Crippen LogP contribution is 2.11. The molecule has 2 heterocycles. The van der Waals surface area contributed by atoms with Gasteiger partial charge in [0.2, 0.25) is 0 Å². The van der Waals surface area contributed by atoms with Crippen LogP contribution >= 0.6 is 0 Å². The van der Waals surface area contributed by atoms with Crippen LogP contribution in [0.3, 0.4) is 0 Å². The van der Waals surface area contributed by atoms with Gasteiger partial charge in [-0.2, -0.15) is 19.0 Å². The molecule has 5 nitrogen and oxygen atoms in total. The van der Waals surface area contributed by atoms with Gasteiger partial charge in [0.05, 0.1) is 11.4 Å². The molecule has 0 aromatic carbocycles. The maximum Gasteiger partial charge on any atom is 0.333 e. The minimum atomic E-state index is -2.59. The Bertz CT molecular complexity index is 559. The summed E-state index contributed by atoms with van der Waals surface area (Å²) >= 11 is 0. The van der Waals surface area contributed by atoms with Crippen molar-refractivity contribution in [3.05, 3.63) is 35.4 Å². The topological polar surface area (TPSA) is 47.7 Å². The molecule has 0 aliphatic carbocycles. The summed E-state index contributed by atoms with van der Waals surface area (Å²) in [6, 6.07) is 1.91. The molecule has 2 rings (SSSR count). The molecular weight excluding hydrogens is 264 g/mol. The van der Waals surface area contributed by atoms with Crippen molar-refractivity contribution in [2.75, 3.05) is 0 Å². The summed E-state index contributed by atoms with van der Waals surface area (Å²) < 4.78 is 27.3. The maximum absolute atomic E-state index is 12.4. The summed E-state index contributed by atoms with van der Waals surface area (Å²) in [7, 11) is 0. The van der Waals surface area contributed by atoms with Gasteiger partial charge in [0.15, 0.2) is 0 Å². The van der Waals surface area contributed by atoms with E-state index < -0.39 is 6.55 Å². The summed E-state index contributed by atoms with van der Waals surface area (Å²) in [5.41, 5.74) is 2.68. The number of aromatic nitrogens is 4. The van der Waals surface area contributed by atoms with E-state index in [1.807, 2.05) is 17.8 Å². The molecule has 0 radical (unpaired) electrons. The van der Waals surface area contributed by atoms with Gasteiger partial charge in [0, 0.05) is 37.1 Å². The molecule has 0 saturated heterocycles. The smallest absolute Gasteiger partial charge is 0.307 e. The van der Waals surface area contributed by atoms with Gasteiger partial charge >= 0.3 is 6.55 Å². The molecule has 1 N–H and O–H groups in total. The van der Waals surface area contributed by atoms with Crippen LogP contribution in [-0.2, 0) is 13.1 Å². The lowest BCUT2D eigenvalue weighted by Gasteiger charge is -2.03. The first-order valence-corrected chi connectivity index (χ1v) is 6.55. The second kappa shape index (κ2) is 6.13. The van der Waals surface area contributed by atoms with Gasteiger partial charge in [-0.05, 0) is 26.8 Å². The van der Waals surface area contributed by atoms with Crippen molar-refractivity contribution in [1.29, 1.82) is 0 Å². The Hall–Kier alpha value is -1.76. The number of halogens is 2. The van der Waals surface area contributed by atoms with Crippen LogP contribution in [0.1, 0.15) is 43.4 Å². The summed E-state index contributed by atoms with van der Waals surface area (Å²) in [5.74, 6) is 0. The van der Waals surface area contributed by atoms with Crippen LogP contribution in [0.15, 0.2) is 18.5 Å². The fraction of sp³-hybridized carbons (Fsp3) is 0.538. The Kier molecular flexibility index (Phi) is 4.49. The van der Waals surface area contributed by atoms with E-state index in [9.17, 15) is 8.78 Å². The van der Waals surface area contributed by atoms with E-state index in [-0.39, 0.29) is 0 Å². The molecule has 2 aromatic rings. The molecule has 0 aliphatic rings. The zero-order chi connectivity index (χ0) is 14.7. The third-order valence-electron chi connectivity index (χ3n) is 3.03. The van der Waals surface area contributed by atoms with E-state index in [0.29, 0.717) is 29.5 Å². The maximum atomic E-state index is 12.4.